The van der Waals surface area contributed by atoms with Crippen molar-refractivity contribution in [2.75, 3.05) is 20.2 Å². The van der Waals surface area contributed by atoms with Crippen molar-refractivity contribution in [1.82, 2.24) is 10.6 Å². The third-order valence-electron chi connectivity index (χ3n) is 6.00. The molecule has 30 heavy (non-hydrogen) atoms. The van der Waals surface area contributed by atoms with Crippen LogP contribution in [0.1, 0.15) is 52.1 Å². The van der Waals surface area contributed by atoms with Crippen molar-refractivity contribution >= 4 is 11.8 Å². The van der Waals surface area contributed by atoms with Crippen LogP contribution in [0.5, 0.6) is 0 Å². The second-order valence-corrected chi connectivity index (χ2v) is 8.34. The fourth-order valence-corrected chi connectivity index (χ4v) is 4.32. The van der Waals surface area contributed by atoms with Crippen molar-refractivity contribution in [3.8, 4) is 0 Å². The summed E-state index contributed by atoms with van der Waals surface area (Å²) < 4.78 is 5.80. The summed E-state index contributed by atoms with van der Waals surface area (Å²) in [6.07, 6.45) is 1.60. The normalized spacial score (nSPS) is 19.7. The minimum absolute atomic E-state index is 0.0193. The lowest BCUT2D eigenvalue weighted by Gasteiger charge is -2.45. The molecule has 0 bridgehead atoms. The molecule has 0 saturated carbocycles. The van der Waals surface area contributed by atoms with Crippen LogP contribution in [0.2, 0.25) is 0 Å². The molecule has 0 aliphatic heterocycles. The first-order valence-electron chi connectivity index (χ1n) is 10.4. The van der Waals surface area contributed by atoms with Crippen molar-refractivity contribution in [3.63, 3.8) is 0 Å². The molecular weight excluding hydrogens is 378 g/mol. The molecule has 4 N–H and O–H groups in total. The highest BCUT2D eigenvalue weighted by Crippen LogP contribution is 2.38. The maximum absolute atomic E-state index is 12.1. The number of fused-ring (bicyclic) bond motifs is 1. The van der Waals surface area contributed by atoms with Gasteiger partial charge in [-0.2, -0.15) is 0 Å². The Labute approximate surface area is 178 Å². The van der Waals surface area contributed by atoms with Gasteiger partial charge in [-0.25, -0.2) is 0 Å². The third-order valence-corrected chi connectivity index (χ3v) is 6.00. The van der Waals surface area contributed by atoms with E-state index in [0.29, 0.717) is 17.7 Å². The van der Waals surface area contributed by atoms with E-state index in [4.69, 9.17) is 10.5 Å². The Morgan fingerprint density at radius 3 is 2.50 bits per heavy atom. The van der Waals surface area contributed by atoms with Gasteiger partial charge in [-0.15, -0.1) is 0 Å². The quantitative estimate of drug-likeness (QED) is 0.584. The van der Waals surface area contributed by atoms with Gasteiger partial charge in [0.25, 0.3) is 5.91 Å². The molecule has 6 heteroatoms. The predicted molar refractivity (Wildman–Crippen MR) is 118 cm³/mol. The number of carbonyl (C=O) groups is 2. The topological polar surface area (TPSA) is 93.4 Å². The molecule has 1 aliphatic carbocycles. The van der Waals surface area contributed by atoms with E-state index in [0.717, 1.165) is 24.9 Å². The summed E-state index contributed by atoms with van der Waals surface area (Å²) in [5.74, 6) is -0.475. The van der Waals surface area contributed by atoms with Gasteiger partial charge < -0.3 is 21.1 Å². The molecule has 0 fully saturated rings. The van der Waals surface area contributed by atoms with Crippen molar-refractivity contribution < 1.29 is 14.3 Å². The van der Waals surface area contributed by atoms with Gasteiger partial charge in [-0.05, 0) is 48.4 Å². The number of rotatable bonds is 8. The summed E-state index contributed by atoms with van der Waals surface area (Å²) in [6, 6.07) is 15.0. The number of hydrogen-bond donors (Lipinski definition) is 3. The molecule has 0 saturated heterocycles. The second kappa shape index (κ2) is 9.41. The van der Waals surface area contributed by atoms with Crippen LogP contribution in [-0.2, 0) is 16.6 Å². The van der Waals surface area contributed by atoms with Gasteiger partial charge in [0.1, 0.15) is 0 Å². The molecule has 2 unspecified atom stereocenters. The number of nitrogens with one attached hydrogen (secondary N) is 2. The van der Waals surface area contributed by atoms with Crippen molar-refractivity contribution in [2.45, 2.75) is 44.2 Å². The Morgan fingerprint density at radius 1 is 1.10 bits per heavy atom. The van der Waals surface area contributed by atoms with Crippen molar-refractivity contribution in [1.29, 1.82) is 0 Å². The first-order chi connectivity index (χ1) is 14.3. The Bertz CT molecular complexity index is 896. The van der Waals surface area contributed by atoms with Crippen LogP contribution in [0.3, 0.4) is 0 Å². The van der Waals surface area contributed by atoms with Gasteiger partial charge in [0, 0.05) is 42.7 Å². The number of methoxy groups -OCH3 is 1. The lowest BCUT2D eigenvalue weighted by Crippen LogP contribution is -2.57. The lowest BCUT2D eigenvalue weighted by molar-refractivity contribution is 0.0356. The monoisotopic (exact) mass is 409 g/mol. The van der Waals surface area contributed by atoms with Crippen LogP contribution in [0.25, 0.3) is 0 Å². The Balaban J connectivity index is 1.61. The largest absolute Gasteiger partial charge is 0.379 e. The Kier molecular flexibility index (Phi) is 6.90. The number of nitrogens with two attached hydrogens (primary N) is 1. The first-order valence-corrected chi connectivity index (χ1v) is 10.4. The van der Waals surface area contributed by atoms with Gasteiger partial charge >= 0.3 is 0 Å². The Hall–Kier alpha value is -2.70. The average Bonchev–Trinajstić information content (AvgIpc) is 2.74. The van der Waals surface area contributed by atoms with E-state index in [-0.39, 0.29) is 23.5 Å². The second-order valence-electron chi connectivity index (χ2n) is 8.34. The zero-order valence-electron chi connectivity index (χ0n) is 17.9. The zero-order valence-corrected chi connectivity index (χ0v) is 17.9. The molecule has 0 spiro atoms. The van der Waals surface area contributed by atoms with E-state index < -0.39 is 5.91 Å². The van der Waals surface area contributed by atoms with Crippen LogP contribution in [-0.4, -0.2) is 44.2 Å². The molecule has 0 heterocycles. The molecular formula is C24H31N3O3. The lowest BCUT2D eigenvalue weighted by atomic mass is 9.67. The first kappa shape index (κ1) is 22.0. The highest BCUT2D eigenvalue weighted by molar-refractivity contribution is 5.94. The standard InChI is InChI=1S/C24H31N3O3/c1-24(2)19-14-18(22(25)28)11-10-17(19)15-20(30-3)21(24)26-12-7-13-27-23(29)16-8-5-4-6-9-16/h4-6,8-11,14,20-21,26H,7,12-13,15H2,1-3H3,(H2,25,28)(H,27,29). The van der Waals surface area contributed by atoms with Crippen LogP contribution in [0.4, 0.5) is 0 Å². The van der Waals surface area contributed by atoms with Gasteiger partial charge in [0.05, 0.1) is 6.10 Å². The number of carbonyl (C=O) groups excluding carboxylic acids is 2. The molecule has 2 amide bonds. The van der Waals surface area contributed by atoms with E-state index >= 15 is 0 Å². The van der Waals surface area contributed by atoms with Gasteiger partial charge in [0.15, 0.2) is 0 Å². The fraction of sp³-hybridized carbons (Fsp3) is 0.417. The summed E-state index contributed by atoms with van der Waals surface area (Å²) in [5.41, 5.74) is 8.75. The van der Waals surface area contributed by atoms with Crippen molar-refractivity contribution in [2.24, 2.45) is 5.73 Å². The average molecular weight is 410 g/mol. The minimum atomic E-state index is -0.416. The smallest absolute Gasteiger partial charge is 0.251 e. The van der Waals surface area contributed by atoms with Crippen molar-refractivity contribution in [3.05, 3.63) is 70.8 Å². The van der Waals surface area contributed by atoms with E-state index in [1.807, 2.05) is 30.3 Å². The highest BCUT2D eigenvalue weighted by Gasteiger charge is 2.42. The van der Waals surface area contributed by atoms with E-state index in [2.05, 4.69) is 24.5 Å². The fourth-order valence-electron chi connectivity index (χ4n) is 4.32. The molecule has 2 aromatic carbocycles. The van der Waals surface area contributed by atoms with Gasteiger partial charge in [0.2, 0.25) is 5.91 Å². The molecule has 1 aliphatic rings. The van der Waals surface area contributed by atoms with Gasteiger partial charge in [-0.1, -0.05) is 38.1 Å². The molecule has 160 valence electrons. The van der Waals surface area contributed by atoms with Gasteiger partial charge in [-0.3, -0.25) is 9.59 Å². The third kappa shape index (κ3) is 4.71. The Morgan fingerprint density at radius 2 is 1.83 bits per heavy atom. The van der Waals surface area contributed by atoms with Crippen LogP contribution in [0.15, 0.2) is 48.5 Å². The SMILES string of the molecule is COC1Cc2ccc(C(N)=O)cc2C(C)(C)C1NCCCNC(=O)c1ccccc1. The summed E-state index contributed by atoms with van der Waals surface area (Å²) in [7, 11) is 1.73. The number of amides is 2. The molecule has 6 nitrogen and oxygen atoms in total. The number of ether oxygens (including phenoxy) is 1. The number of benzene rings is 2. The van der Waals surface area contributed by atoms with E-state index in [1.54, 1.807) is 25.3 Å². The molecule has 2 atom stereocenters. The molecule has 0 radical (unpaired) electrons. The highest BCUT2D eigenvalue weighted by atomic mass is 16.5. The van der Waals surface area contributed by atoms with E-state index in [1.165, 1.54) is 5.56 Å². The summed E-state index contributed by atoms with van der Waals surface area (Å²) in [4.78, 5) is 23.8. The van der Waals surface area contributed by atoms with Crippen LogP contribution < -0.4 is 16.4 Å². The molecule has 2 aromatic rings. The van der Waals surface area contributed by atoms with E-state index in [9.17, 15) is 9.59 Å². The summed E-state index contributed by atoms with van der Waals surface area (Å²) in [5, 5.41) is 6.58. The number of hydrogen-bond acceptors (Lipinski definition) is 4. The predicted octanol–water partition coefficient (Wildman–Crippen LogP) is 2.41. The molecule has 0 aromatic heterocycles. The summed E-state index contributed by atoms with van der Waals surface area (Å²) in [6.45, 7) is 5.66. The zero-order chi connectivity index (χ0) is 21.7. The summed E-state index contributed by atoms with van der Waals surface area (Å²) >= 11 is 0. The maximum atomic E-state index is 12.1. The molecule has 3 rings (SSSR count). The maximum Gasteiger partial charge on any atom is 0.251 e. The number of primary amides is 1. The minimum Gasteiger partial charge on any atom is -0.379 e. The van der Waals surface area contributed by atoms with Crippen LogP contribution >= 0.6 is 0 Å². The van der Waals surface area contributed by atoms with Crippen LogP contribution in [0, 0.1) is 0 Å².